The minimum absolute atomic E-state index is 0.0198. The van der Waals surface area contributed by atoms with E-state index >= 15 is 0 Å². The van der Waals surface area contributed by atoms with Gasteiger partial charge < -0.3 is 14.8 Å². The molecule has 1 aromatic heterocycles. The van der Waals surface area contributed by atoms with Crippen molar-refractivity contribution in [2.24, 2.45) is 28.6 Å². The van der Waals surface area contributed by atoms with Crippen molar-refractivity contribution < 1.29 is 10.2 Å². The summed E-state index contributed by atoms with van der Waals surface area (Å²) in [5, 5.41) is 21.4. The number of allylic oxidation sites excluding steroid dienone is 1. The quantitative estimate of drug-likeness (QED) is 0.754. The Kier molecular flexibility index (Phi) is 3.72. The average molecular weight is 357 g/mol. The molecule has 4 heteroatoms. The van der Waals surface area contributed by atoms with E-state index in [1.54, 1.807) is 0 Å². The number of aliphatic hydroxyl groups is 2. The van der Waals surface area contributed by atoms with Gasteiger partial charge in [0, 0.05) is 12.4 Å². The van der Waals surface area contributed by atoms with Crippen LogP contribution in [0.15, 0.2) is 30.4 Å². The maximum atomic E-state index is 11.2. The highest BCUT2D eigenvalue weighted by Crippen LogP contribution is 2.66. The lowest BCUT2D eigenvalue weighted by molar-refractivity contribution is -0.0743. The van der Waals surface area contributed by atoms with Crippen LogP contribution in [-0.4, -0.2) is 32.0 Å². The van der Waals surface area contributed by atoms with Crippen LogP contribution in [0.1, 0.15) is 64.8 Å². The van der Waals surface area contributed by atoms with Crippen LogP contribution in [0.25, 0.3) is 0 Å². The number of fused-ring (bicyclic) bond motifs is 5. The number of aromatic nitrogens is 2. The highest BCUT2D eigenvalue weighted by Gasteiger charge is 2.61. The first-order valence-corrected chi connectivity index (χ1v) is 10.5. The van der Waals surface area contributed by atoms with E-state index in [1.807, 2.05) is 18.7 Å². The van der Waals surface area contributed by atoms with Crippen molar-refractivity contribution in [2.75, 3.05) is 0 Å². The molecule has 0 radical (unpaired) electrons. The number of nitrogens with zero attached hydrogens (tertiary/aromatic N) is 2. The first-order chi connectivity index (χ1) is 12.4. The highest BCUT2D eigenvalue weighted by atomic mass is 16.3. The Labute approximate surface area is 156 Å². The molecule has 1 unspecified atom stereocenters. The molecule has 0 aromatic carbocycles. The molecule has 3 saturated carbocycles. The Balaban J connectivity index is 1.48. The minimum Gasteiger partial charge on any atom is -0.393 e. The third-order valence-corrected chi connectivity index (χ3v) is 8.96. The fourth-order valence-corrected chi connectivity index (χ4v) is 7.38. The van der Waals surface area contributed by atoms with Gasteiger partial charge in [-0.1, -0.05) is 25.5 Å². The lowest BCUT2D eigenvalue weighted by Crippen LogP contribution is -2.51. The molecule has 1 heterocycles. The van der Waals surface area contributed by atoms with Crippen molar-refractivity contribution in [3.05, 3.63) is 30.4 Å². The molecule has 4 aliphatic rings. The lowest BCUT2D eigenvalue weighted by atomic mass is 9.48. The number of aliphatic hydroxyl groups excluding tert-OH is 2. The van der Waals surface area contributed by atoms with Gasteiger partial charge in [0.15, 0.2) is 0 Å². The average Bonchev–Trinajstić information content (AvgIpc) is 3.23. The number of rotatable bonds is 1. The molecule has 142 valence electrons. The summed E-state index contributed by atoms with van der Waals surface area (Å²) in [4.78, 5) is 4.21. The predicted octanol–water partition coefficient (Wildman–Crippen LogP) is 3.72. The van der Waals surface area contributed by atoms with E-state index in [2.05, 4.69) is 29.5 Å². The molecule has 26 heavy (non-hydrogen) atoms. The summed E-state index contributed by atoms with van der Waals surface area (Å²) >= 11 is 0. The molecule has 0 saturated heterocycles. The molecule has 4 nitrogen and oxygen atoms in total. The number of imidazole rings is 1. The van der Waals surface area contributed by atoms with Gasteiger partial charge in [0.1, 0.15) is 0 Å². The predicted molar refractivity (Wildman–Crippen MR) is 100 cm³/mol. The van der Waals surface area contributed by atoms with Crippen LogP contribution in [0.5, 0.6) is 0 Å². The lowest BCUT2D eigenvalue weighted by Gasteiger charge is -2.57. The second kappa shape index (κ2) is 5.68. The van der Waals surface area contributed by atoms with Crippen LogP contribution < -0.4 is 0 Å². The van der Waals surface area contributed by atoms with Crippen molar-refractivity contribution in [1.29, 1.82) is 0 Å². The molecular formula is C22H32N2O2. The van der Waals surface area contributed by atoms with Crippen molar-refractivity contribution in [3.8, 4) is 0 Å². The van der Waals surface area contributed by atoms with E-state index in [4.69, 9.17) is 0 Å². The van der Waals surface area contributed by atoms with Gasteiger partial charge in [-0.3, -0.25) is 0 Å². The Hall–Kier alpha value is -1.13. The van der Waals surface area contributed by atoms with Crippen molar-refractivity contribution >= 4 is 0 Å². The van der Waals surface area contributed by atoms with Crippen LogP contribution in [0.3, 0.4) is 0 Å². The Morgan fingerprint density at radius 2 is 2.00 bits per heavy atom. The topological polar surface area (TPSA) is 58.3 Å². The molecule has 3 fully saturated rings. The highest BCUT2D eigenvalue weighted by molar-refractivity contribution is 5.25. The van der Waals surface area contributed by atoms with Crippen LogP contribution in [0, 0.1) is 28.6 Å². The molecule has 8 atom stereocenters. The van der Waals surface area contributed by atoms with Gasteiger partial charge in [0.25, 0.3) is 0 Å². The normalized spacial score (nSPS) is 50.5. The van der Waals surface area contributed by atoms with Gasteiger partial charge in [-0.05, 0) is 73.5 Å². The SMILES string of the molecule is C[C@]12CC[C@H]3[C@@H](CC=C4C[C@@H](O)CC[C@@]43C)[C@@H]1CC(n1ccnc1)[C@@H]2O. The molecule has 2 N–H and O–H groups in total. The molecule has 0 bridgehead atoms. The third kappa shape index (κ3) is 2.18. The first kappa shape index (κ1) is 17.0. The van der Waals surface area contributed by atoms with E-state index in [1.165, 1.54) is 12.0 Å². The molecule has 0 amide bonds. The summed E-state index contributed by atoms with van der Waals surface area (Å²) < 4.78 is 2.13. The summed E-state index contributed by atoms with van der Waals surface area (Å²) in [5.74, 6) is 1.95. The van der Waals surface area contributed by atoms with Gasteiger partial charge >= 0.3 is 0 Å². The van der Waals surface area contributed by atoms with E-state index < -0.39 is 0 Å². The summed E-state index contributed by atoms with van der Waals surface area (Å²) in [5.41, 5.74) is 1.80. The smallest absolute Gasteiger partial charge is 0.0949 e. The Morgan fingerprint density at radius 1 is 1.15 bits per heavy atom. The summed E-state index contributed by atoms with van der Waals surface area (Å²) in [7, 11) is 0. The Morgan fingerprint density at radius 3 is 2.77 bits per heavy atom. The van der Waals surface area contributed by atoms with Gasteiger partial charge in [-0.25, -0.2) is 4.98 Å². The number of hydrogen-bond donors (Lipinski definition) is 2. The van der Waals surface area contributed by atoms with E-state index in [0.717, 1.165) is 38.5 Å². The largest absolute Gasteiger partial charge is 0.393 e. The first-order valence-electron chi connectivity index (χ1n) is 10.5. The van der Waals surface area contributed by atoms with Gasteiger partial charge in [-0.2, -0.15) is 0 Å². The maximum absolute atomic E-state index is 11.2. The Bertz CT molecular complexity index is 714. The van der Waals surface area contributed by atoms with Crippen molar-refractivity contribution in [1.82, 2.24) is 9.55 Å². The number of hydrogen-bond acceptors (Lipinski definition) is 3. The van der Waals surface area contributed by atoms with Gasteiger partial charge in [-0.15, -0.1) is 0 Å². The zero-order chi connectivity index (χ0) is 18.1. The summed E-state index contributed by atoms with van der Waals surface area (Å²) in [6.45, 7) is 4.80. The fourth-order valence-electron chi connectivity index (χ4n) is 7.38. The second-order valence-electron chi connectivity index (χ2n) is 9.96. The van der Waals surface area contributed by atoms with E-state index in [-0.39, 0.29) is 29.1 Å². The van der Waals surface area contributed by atoms with Crippen LogP contribution in [-0.2, 0) is 0 Å². The summed E-state index contributed by atoms with van der Waals surface area (Å²) in [6.07, 6.45) is 15.2. The second-order valence-corrected chi connectivity index (χ2v) is 9.96. The third-order valence-electron chi connectivity index (χ3n) is 8.96. The van der Waals surface area contributed by atoms with Crippen molar-refractivity contribution in [2.45, 2.75) is 77.0 Å². The van der Waals surface area contributed by atoms with Gasteiger partial charge in [0.2, 0.25) is 0 Å². The molecule has 0 spiro atoms. The zero-order valence-corrected chi connectivity index (χ0v) is 16.0. The monoisotopic (exact) mass is 356 g/mol. The standard InChI is InChI=1S/C22H32N2O2/c1-21-7-5-15(25)11-14(21)3-4-16-17(21)6-8-22(2)18(16)12-19(20(22)26)24-10-9-23-13-24/h3,9-10,13,15-20,25-26H,4-8,11-12H2,1-2H3/t15-,16+,17-,18-,19?,20-,21-,22-/m0/s1. The molecular weight excluding hydrogens is 324 g/mol. The van der Waals surface area contributed by atoms with E-state index in [9.17, 15) is 10.2 Å². The summed E-state index contributed by atoms with van der Waals surface area (Å²) in [6, 6.07) is 0.164. The molecule has 0 aliphatic heterocycles. The zero-order valence-electron chi connectivity index (χ0n) is 16.0. The maximum Gasteiger partial charge on any atom is 0.0949 e. The molecule has 5 rings (SSSR count). The van der Waals surface area contributed by atoms with Crippen LogP contribution >= 0.6 is 0 Å². The van der Waals surface area contributed by atoms with Crippen LogP contribution in [0.4, 0.5) is 0 Å². The van der Waals surface area contributed by atoms with E-state index in [0.29, 0.717) is 17.8 Å². The van der Waals surface area contributed by atoms with Crippen LogP contribution in [0.2, 0.25) is 0 Å². The minimum atomic E-state index is -0.283. The van der Waals surface area contributed by atoms with Crippen molar-refractivity contribution in [3.63, 3.8) is 0 Å². The molecule has 4 aliphatic carbocycles. The van der Waals surface area contributed by atoms with Gasteiger partial charge in [0.05, 0.1) is 24.6 Å². The fraction of sp³-hybridized carbons (Fsp3) is 0.773. The molecule has 1 aromatic rings.